The summed E-state index contributed by atoms with van der Waals surface area (Å²) in [6.45, 7) is 4.95. The number of carbonyl (C=O) groups is 1. The molecule has 3 aromatic rings. The summed E-state index contributed by atoms with van der Waals surface area (Å²) in [6.07, 6.45) is 0. The molecule has 4 rings (SSSR count). The maximum atomic E-state index is 13.0. The molecule has 0 bridgehead atoms. The van der Waals surface area contributed by atoms with E-state index in [1.165, 1.54) is 22.1 Å². The van der Waals surface area contributed by atoms with Gasteiger partial charge in [-0.25, -0.2) is 4.68 Å². The fourth-order valence-corrected chi connectivity index (χ4v) is 4.79. The van der Waals surface area contributed by atoms with Crippen molar-refractivity contribution in [3.05, 3.63) is 59.1 Å². The Labute approximate surface area is 188 Å². The van der Waals surface area contributed by atoms with Gasteiger partial charge in [0, 0.05) is 41.9 Å². The maximum Gasteiger partial charge on any atom is 0.236 e. The second-order valence-corrected chi connectivity index (χ2v) is 9.23. The molecule has 0 saturated carbocycles. The Hall–Kier alpha value is -2.52. The van der Waals surface area contributed by atoms with Gasteiger partial charge in [-0.3, -0.25) is 4.79 Å². The molecule has 2 heterocycles. The van der Waals surface area contributed by atoms with Crippen LogP contribution in [-0.4, -0.2) is 57.1 Å². The van der Waals surface area contributed by atoms with Gasteiger partial charge in [-0.2, -0.15) is 0 Å². The summed E-state index contributed by atoms with van der Waals surface area (Å²) in [5.74, 6) is 6.88. The largest absolute Gasteiger partial charge is 0.368 e. The summed E-state index contributed by atoms with van der Waals surface area (Å²) in [5.41, 5.74) is 2.05. The molecule has 1 unspecified atom stereocenters. The van der Waals surface area contributed by atoms with E-state index in [9.17, 15) is 4.79 Å². The molecular formula is C21H23BrN6OS. The van der Waals surface area contributed by atoms with E-state index < -0.39 is 0 Å². The van der Waals surface area contributed by atoms with Gasteiger partial charge in [-0.05, 0) is 31.2 Å². The van der Waals surface area contributed by atoms with E-state index in [4.69, 9.17) is 5.84 Å². The predicted octanol–water partition coefficient (Wildman–Crippen LogP) is 3.25. The number of piperazine rings is 1. The number of nitrogens with two attached hydrogens (primary N) is 1. The minimum absolute atomic E-state index is 0.0955. The molecule has 2 aromatic carbocycles. The Morgan fingerprint density at radius 3 is 2.40 bits per heavy atom. The number of nitrogen functional groups attached to an aromatic ring is 1. The molecule has 1 aliphatic heterocycles. The van der Waals surface area contributed by atoms with Crippen molar-refractivity contribution in [1.29, 1.82) is 0 Å². The number of halogens is 1. The number of rotatable bonds is 5. The van der Waals surface area contributed by atoms with Gasteiger partial charge >= 0.3 is 0 Å². The van der Waals surface area contributed by atoms with Crippen molar-refractivity contribution in [2.75, 3.05) is 36.9 Å². The average molecular weight is 487 g/mol. The molecule has 1 amide bonds. The average Bonchev–Trinajstić information content (AvgIpc) is 3.14. The summed E-state index contributed by atoms with van der Waals surface area (Å²) in [4.78, 5) is 17.2. The van der Waals surface area contributed by atoms with Gasteiger partial charge in [0.05, 0.1) is 5.25 Å². The molecule has 7 nitrogen and oxygen atoms in total. The molecule has 1 aromatic heterocycles. The molecule has 0 spiro atoms. The highest BCUT2D eigenvalue weighted by Crippen LogP contribution is 2.29. The Bertz CT molecular complexity index is 1020. The molecule has 2 N–H and O–H groups in total. The van der Waals surface area contributed by atoms with E-state index in [0.29, 0.717) is 24.1 Å². The smallest absolute Gasteiger partial charge is 0.236 e. The van der Waals surface area contributed by atoms with E-state index in [1.807, 2.05) is 54.3 Å². The van der Waals surface area contributed by atoms with Crippen LogP contribution in [0.3, 0.4) is 0 Å². The zero-order valence-corrected chi connectivity index (χ0v) is 19.0. The van der Waals surface area contributed by atoms with Crippen LogP contribution in [0.25, 0.3) is 11.4 Å². The van der Waals surface area contributed by atoms with Crippen molar-refractivity contribution in [3.8, 4) is 11.4 Å². The van der Waals surface area contributed by atoms with Crippen molar-refractivity contribution in [1.82, 2.24) is 19.8 Å². The number of amides is 1. The number of hydrogen-bond donors (Lipinski definition) is 1. The lowest BCUT2D eigenvalue weighted by atomic mass is 10.2. The lowest BCUT2D eigenvalue weighted by Crippen LogP contribution is -2.50. The standard InChI is InChI=1S/C21H23BrN6OS/c1-15(20(29)27-13-11-26(12-14-27)16-7-3-2-4-8-16)30-21-25-24-19(28(21)23)17-9-5-6-10-18(17)22/h2-10,15H,11-14,23H2,1H3. The first kappa shape index (κ1) is 20.7. The zero-order valence-electron chi connectivity index (χ0n) is 16.6. The number of hydrogen-bond acceptors (Lipinski definition) is 6. The van der Waals surface area contributed by atoms with Crippen LogP contribution in [-0.2, 0) is 4.79 Å². The first-order valence-electron chi connectivity index (χ1n) is 9.75. The van der Waals surface area contributed by atoms with Gasteiger partial charge < -0.3 is 15.6 Å². The van der Waals surface area contributed by atoms with Gasteiger partial charge in [-0.1, -0.05) is 58.0 Å². The molecule has 9 heteroatoms. The highest BCUT2D eigenvalue weighted by Gasteiger charge is 2.27. The first-order valence-corrected chi connectivity index (χ1v) is 11.4. The number of anilines is 1. The molecule has 30 heavy (non-hydrogen) atoms. The molecule has 1 saturated heterocycles. The normalized spacial score (nSPS) is 15.3. The summed E-state index contributed by atoms with van der Waals surface area (Å²) in [5, 5.41) is 8.64. The topological polar surface area (TPSA) is 80.3 Å². The molecule has 1 fully saturated rings. The number of aromatic nitrogens is 3. The van der Waals surface area contributed by atoms with E-state index in [2.05, 4.69) is 43.2 Å². The van der Waals surface area contributed by atoms with Crippen LogP contribution in [0.15, 0.2) is 64.2 Å². The quantitative estimate of drug-likeness (QED) is 0.440. The number of nitrogens with zero attached hydrogens (tertiary/aromatic N) is 5. The summed E-state index contributed by atoms with van der Waals surface area (Å²) < 4.78 is 2.34. The fraction of sp³-hybridized carbons (Fsp3) is 0.286. The third-order valence-electron chi connectivity index (χ3n) is 5.12. The number of para-hydroxylation sites is 1. The second-order valence-electron chi connectivity index (χ2n) is 7.06. The van der Waals surface area contributed by atoms with Crippen molar-refractivity contribution in [3.63, 3.8) is 0 Å². The third-order valence-corrected chi connectivity index (χ3v) is 6.86. The summed E-state index contributed by atoms with van der Waals surface area (Å²) in [6, 6.07) is 18.0. The molecule has 1 aliphatic rings. The second kappa shape index (κ2) is 9.09. The van der Waals surface area contributed by atoms with Crippen molar-refractivity contribution >= 4 is 39.3 Å². The first-order chi connectivity index (χ1) is 14.5. The van der Waals surface area contributed by atoms with Gasteiger partial charge in [0.25, 0.3) is 0 Å². The van der Waals surface area contributed by atoms with E-state index in [-0.39, 0.29) is 11.2 Å². The summed E-state index contributed by atoms with van der Waals surface area (Å²) in [7, 11) is 0. The number of benzene rings is 2. The highest BCUT2D eigenvalue weighted by atomic mass is 79.9. The van der Waals surface area contributed by atoms with E-state index >= 15 is 0 Å². The lowest BCUT2D eigenvalue weighted by Gasteiger charge is -2.37. The minimum Gasteiger partial charge on any atom is -0.368 e. The number of carbonyl (C=O) groups excluding carboxylic acids is 1. The molecule has 0 radical (unpaired) electrons. The van der Waals surface area contributed by atoms with Gasteiger partial charge in [0.1, 0.15) is 0 Å². The lowest BCUT2D eigenvalue weighted by molar-refractivity contribution is -0.130. The monoisotopic (exact) mass is 486 g/mol. The SMILES string of the molecule is CC(Sc1nnc(-c2ccccc2Br)n1N)C(=O)N1CCN(c2ccccc2)CC1. The van der Waals surface area contributed by atoms with Crippen molar-refractivity contribution in [2.45, 2.75) is 17.3 Å². The van der Waals surface area contributed by atoms with Gasteiger partial charge in [-0.15, -0.1) is 10.2 Å². The Morgan fingerprint density at radius 2 is 1.70 bits per heavy atom. The van der Waals surface area contributed by atoms with Crippen molar-refractivity contribution < 1.29 is 4.79 Å². The molecule has 1 atom stereocenters. The minimum atomic E-state index is -0.299. The maximum absolute atomic E-state index is 13.0. The Balaban J connectivity index is 1.38. The van der Waals surface area contributed by atoms with Crippen LogP contribution in [0.4, 0.5) is 5.69 Å². The van der Waals surface area contributed by atoms with Crippen LogP contribution in [0.2, 0.25) is 0 Å². The van der Waals surface area contributed by atoms with Crippen molar-refractivity contribution in [2.24, 2.45) is 0 Å². The molecular weight excluding hydrogens is 464 g/mol. The Morgan fingerprint density at radius 1 is 1.03 bits per heavy atom. The van der Waals surface area contributed by atoms with Crippen LogP contribution >= 0.6 is 27.7 Å². The van der Waals surface area contributed by atoms with E-state index in [0.717, 1.165) is 23.1 Å². The number of thioether (sulfide) groups is 1. The predicted molar refractivity (Wildman–Crippen MR) is 124 cm³/mol. The van der Waals surface area contributed by atoms with Crippen LogP contribution in [0.5, 0.6) is 0 Å². The van der Waals surface area contributed by atoms with Crippen LogP contribution in [0, 0.1) is 0 Å². The Kier molecular flexibility index (Phi) is 6.29. The van der Waals surface area contributed by atoms with Gasteiger partial charge in [0.15, 0.2) is 5.82 Å². The summed E-state index contributed by atoms with van der Waals surface area (Å²) >= 11 is 4.85. The fourth-order valence-electron chi connectivity index (χ4n) is 3.47. The van der Waals surface area contributed by atoms with Crippen LogP contribution in [0.1, 0.15) is 6.92 Å². The zero-order chi connectivity index (χ0) is 21.1. The van der Waals surface area contributed by atoms with Crippen LogP contribution < -0.4 is 10.7 Å². The molecule has 156 valence electrons. The third kappa shape index (κ3) is 4.32. The highest BCUT2D eigenvalue weighted by molar-refractivity contribution is 9.10. The van der Waals surface area contributed by atoms with Gasteiger partial charge in [0.2, 0.25) is 11.1 Å². The molecule has 0 aliphatic carbocycles. The van der Waals surface area contributed by atoms with E-state index in [1.54, 1.807) is 0 Å².